The summed E-state index contributed by atoms with van der Waals surface area (Å²) in [7, 11) is 0. The van der Waals surface area contributed by atoms with E-state index in [9.17, 15) is 19.6 Å². The molecule has 2 aromatic carbocycles. The van der Waals surface area contributed by atoms with Crippen molar-refractivity contribution in [3.8, 4) is 6.07 Å². The maximum absolute atomic E-state index is 13.4. The monoisotopic (exact) mass is 427 g/mol. The zero-order valence-corrected chi connectivity index (χ0v) is 16.1. The lowest BCUT2D eigenvalue weighted by Gasteiger charge is -2.04. The zero-order chi connectivity index (χ0) is 20.5. The number of esters is 1. The highest BCUT2D eigenvalue weighted by Gasteiger charge is 2.20. The number of nitrogens with zero attached hydrogens (tertiary/aromatic N) is 2. The van der Waals surface area contributed by atoms with Crippen LogP contribution in [0, 0.1) is 17.1 Å². The molecule has 0 aliphatic rings. The molecule has 0 spiro atoms. The van der Waals surface area contributed by atoms with Crippen LogP contribution in [-0.2, 0) is 4.74 Å². The van der Waals surface area contributed by atoms with E-state index >= 15 is 0 Å². The van der Waals surface area contributed by atoms with Gasteiger partial charge in [-0.2, -0.15) is 5.26 Å². The van der Waals surface area contributed by atoms with E-state index in [0.29, 0.717) is 21.1 Å². The topological polar surface area (TPSA) is 99.0 Å². The predicted octanol–water partition coefficient (Wildman–Crippen LogP) is 5.22. The van der Waals surface area contributed by atoms with Crippen LogP contribution in [0.25, 0.3) is 26.7 Å². The number of nitrogens with one attached hydrogen (secondary N) is 1. The van der Waals surface area contributed by atoms with E-state index in [-0.39, 0.29) is 21.3 Å². The number of rotatable bonds is 4. The van der Waals surface area contributed by atoms with E-state index in [1.54, 1.807) is 18.2 Å². The van der Waals surface area contributed by atoms with Crippen molar-refractivity contribution in [2.24, 2.45) is 0 Å². The van der Waals surface area contributed by atoms with E-state index < -0.39 is 24.2 Å². The number of fused-ring (bicyclic) bond motifs is 2. The molecule has 4 rings (SSSR count). The number of hydrogen-bond acceptors (Lipinski definition) is 6. The number of allylic oxidation sites excluding steroid dienone is 1. The van der Waals surface area contributed by atoms with Crippen molar-refractivity contribution < 1.29 is 19.0 Å². The van der Waals surface area contributed by atoms with Crippen molar-refractivity contribution in [2.45, 2.75) is 0 Å². The smallest absolute Gasteiger partial charge is 0.350 e. The van der Waals surface area contributed by atoms with E-state index in [1.807, 2.05) is 12.1 Å². The van der Waals surface area contributed by atoms with Crippen LogP contribution in [0.5, 0.6) is 0 Å². The quantitative estimate of drug-likeness (QED) is 0.264. The summed E-state index contributed by atoms with van der Waals surface area (Å²) in [6, 6.07) is 13.0. The molecule has 0 radical (unpaired) electrons. The number of ether oxygens (including phenoxy) is 1. The third kappa shape index (κ3) is 3.53. The Kier molecular flexibility index (Phi) is 4.92. The van der Waals surface area contributed by atoms with Gasteiger partial charge in [-0.3, -0.25) is 0 Å². The number of carbonyl (C=O) groups excluding carboxylic acids is 1. The van der Waals surface area contributed by atoms with E-state index in [0.717, 1.165) is 11.3 Å². The fourth-order valence-electron chi connectivity index (χ4n) is 2.77. The number of halogens is 2. The molecule has 0 atom stereocenters. The van der Waals surface area contributed by atoms with Crippen molar-refractivity contribution in [1.29, 1.82) is 5.26 Å². The van der Waals surface area contributed by atoms with Gasteiger partial charge >= 0.3 is 5.97 Å². The number of imidazole rings is 1. The van der Waals surface area contributed by atoms with E-state index in [2.05, 4.69) is 9.97 Å². The van der Waals surface area contributed by atoms with E-state index in [1.165, 1.54) is 18.2 Å². The Morgan fingerprint density at radius 1 is 1.34 bits per heavy atom. The normalized spacial score (nSPS) is 12.0. The van der Waals surface area contributed by atoms with Gasteiger partial charge in [-0.1, -0.05) is 23.7 Å². The first-order chi connectivity index (χ1) is 14.0. The van der Waals surface area contributed by atoms with Gasteiger partial charge < -0.3 is 14.8 Å². The molecular weight excluding hydrogens is 417 g/mol. The molecule has 9 heteroatoms. The molecule has 6 nitrogen and oxygen atoms in total. The molecular formula is C20H11ClFN3O3S. The van der Waals surface area contributed by atoms with Crippen LogP contribution in [0.15, 0.2) is 48.2 Å². The molecule has 2 N–H and O–H groups in total. The van der Waals surface area contributed by atoms with Gasteiger partial charge in [-0.05, 0) is 30.3 Å². The fraction of sp³-hybridized carbons (Fsp3) is 0.0500. The third-order valence-electron chi connectivity index (χ3n) is 4.14. The number of hydrogen-bond donors (Lipinski definition) is 2. The highest BCUT2D eigenvalue weighted by Crippen LogP contribution is 2.36. The Labute approximate surface area is 172 Å². The van der Waals surface area contributed by atoms with Crippen molar-refractivity contribution in [2.75, 3.05) is 6.61 Å². The highest BCUT2D eigenvalue weighted by atomic mass is 35.5. The molecule has 0 amide bonds. The van der Waals surface area contributed by atoms with Gasteiger partial charge in [-0.15, -0.1) is 11.3 Å². The number of para-hydroxylation sites is 2. The van der Waals surface area contributed by atoms with Gasteiger partial charge in [0.05, 0.1) is 16.1 Å². The number of aliphatic hydroxyl groups is 1. The van der Waals surface area contributed by atoms with Crippen molar-refractivity contribution >= 4 is 55.6 Å². The second kappa shape index (κ2) is 7.54. The Morgan fingerprint density at radius 3 is 2.90 bits per heavy atom. The van der Waals surface area contributed by atoms with Crippen LogP contribution in [0.4, 0.5) is 4.39 Å². The first-order valence-corrected chi connectivity index (χ1v) is 9.49. The first kappa shape index (κ1) is 18.9. The number of thiophene rings is 1. The summed E-state index contributed by atoms with van der Waals surface area (Å²) in [4.78, 5) is 19.7. The largest absolute Gasteiger partial charge is 0.507 e. The minimum Gasteiger partial charge on any atom is -0.507 e. The number of H-pyrrole nitrogens is 1. The average Bonchev–Trinajstić information content (AvgIpc) is 3.27. The van der Waals surface area contributed by atoms with Crippen LogP contribution >= 0.6 is 22.9 Å². The molecule has 0 saturated heterocycles. The molecule has 0 unspecified atom stereocenters. The molecule has 29 heavy (non-hydrogen) atoms. The zero-order valence-electron chi connectivity index (χ0n) is 14.6. The van der Waals surface area contributed by atoms with E-state index in [4.69, 9.17) is 16.3 Å². The average molecular weight is 428 g/mol. The Hall–Kier alpha value is -3.41. The lowest BCUT2D eigenvalue weighted by Crippen LogP contribution is -2.08. The van der Waals surface area contributed by atoms with Crippen LogP contribution in [0.3, 0.4) is 0 Å². The minimum absolute atomic E-state index is 0.0855. The summed E-state index contributed by atoms with van der Waals surface area (Å²) < 4.78 is 19.0. The maximum Gasteiger partial charge on any atom is 0.350 e. The standard InChI is InChI=1S/C20H11ClFN3O3S/c21-17-11-6-5-10(22)7-16(11)29-18(17)20(27)28-9-15(26)12(8-23)19-24-13-3-1-2-4-14(13)25-19/h1-7,26H,9H2,(H,24,25). The van der Waals surface area contributed by atoms with Gasteiger partial charge in [0, 0.05) is 10.1 Å². The van der Waals surface area contributed by atoms with Crippen molar-refractivity contribution in [1.82, 2.24) is 9.97 Å². The summed E-state index contributed by atoms with van der Waals surface area (Å²) in [5, 5.41) is 20.4. The van der Waals surface area contributed by atoms with Gasteiger partial charge in [0.25, 0.3) is 0 Å². The molecule has 144 valence electrons. The van der Waals surface area contributed by atoms with Gasteiger partial charge in [0.2, 0.25) is 0 Å². The molecule has 0 bridgehead atoms. The second-order valence-electron chi connectivity index (χ2n) is 6.00. The lowest BCUT2D eigenvalue weighted by atomic mass is 10.2. The number of aliphatic hydroxyl groups excluding tert-OH is 1. The summed E-state index contributed by atoms with van der Waals surface area (Å²) in [5.74, 6) is -1.52. The maximum atomic E-state index is 13.4. The minimum atomic E-state index is -0.787. The van der Waals surface area contributed by atoms with Crippen LogP contribution in [0.2, 0.25) is 5.02 Å². The van der Waals surface area contributed by atoms with Crippen molar-refractivity contribution in [3.05, 3.63) is 69.8 Å². The first-order valence-electron chi connectivity index (χ1n) is 8.30. The molecule has 4 aromatic rings. The molecule has 2 aromatic heterocycles. The number of aromatic amines is 1. The van der Waals surface area contributed by atoms with Gasteiger partial charge in [0.1, 0.15) is 28.9 Å². The number of benzene rings is 2. The fourth-order valence-corrected chi connectivity index (χ4v) is 4.19. The Balaban J connectivity index is 1.57. The van der Waals surface area contributed by atoms with Gasteiger partial charge in [0.15, 0.2) is 11.6 Å². The lowest BCUT2D eigenvalue weighted by molar-refractivity contribution is 0.0508. The third-order valence-corrected chi connectivity index (χ3v) is 5.78. The molecule has 0 aliphatic heterocycles. The highest BCUT2D eigenvalue weighted by molar-refractivity contribution is 7.21. The summed E-state index contributed by atoms with van der Waals surface area (Å²) >= 11 is 7.18. The number of nitriles is 1. The number of aromatic nitrogens is 2. The SMILES string of the molecule is N#CC(=C(O)COC(=O)c1sc2cc(F)ccc2c1Cl)c1nc2ccccc2[nH]1. The summed E-state index contributed by atoms with van der Waals surface area (Å²) in [6.45, 7) is -0.544. The Morgan fingerprint density at radius 2 is 2.14 bits per heavy atom. The summed E-state index contributed by atoms with van der Waals surface area (Å²) in [5.41, 5.74) is 1.19. The second-order valence-corrected chi connectivity index (χ2v) is 7.43. The van der Waals surface area contributed by atoms with Gasteiger partial charge in [-0.25, -0.2) is 14.2 Å². The molecule has 0 fully saturated rings. The van der Waals surface area contributed by atoms with Crippen LogP contribution in [0.1, 0.15) is 15.5 Å². The molecule has 2 heterocycles. The number of carbonyl (C=O) groups is 1. The summed E-state index contributed by atoms with van der Waals surface area (Å²) in [6.07, 6.45) is 0. The predicted molar refractivity (Wildman–Crippen MR) is 108 cm³/mol. The molecule has 0 saturated carbocycles. The van der Waals surface area contributed by atoms with Crippen molar-refractivity contribution in [3.63, 3.8) is 0 Å². The molecule has 0 aliphatic carbocycles. The Bertz CT molecular complexity index is 1300. The van der Waals surface area contributed by atoms with Crippen LogP contribution < -0.4 is 0 Å². The van der Waals surface area contributed by atoms with Crippen LogP contribution in [-0.4, -0.2) is 27.7 Å².